The summed E-state index contributed by atoms with van der Waals surface area (Å²) in [6.07, 6.45) is 3.97. The molecule has 0 bridgehead atoms. The minimum atomic E-state index is -3.46. The molecule has 1 aliphatic heterocycles. The average Bonchev–Trinajstić information content (AvgIpc) is 2.43. The van der Waals surface area contributed by atoms with Gasteiger partial charge in [-0.1, -0.05) is 17.7 Å². The molecule has 1 atom stereocenters. The van der Waals surface area contributed by atoms with Crippen molar-refractivity contribution in [3.05, 3.63) is 28.8 Å². The van der Waals surface area contributed by atoms with Crippen LogP contribution >= 0.6 is 0 Å². The molecule has 1 saturated carbocycles. The van der Waals surface area contributed by atoms with Gasteiger partial charge in [-0.3, -0.25) is 0 Å². The van der Waals surface area contributed by atoms with Gasteiger partial charge in [0.15, 0.2) is 0 Å². The van der Waals surface area contributed by atoms with Gasteiger partial charge < -0.3 is 4.74 Å². The molecule has 2 aliphatic rings. The van der Waals surface area contributed by atoms with Crippen LogP contribution in [0.4, 0.5) is 0 Å². The Morgan fingerprint density at radius 1 is 1.09 bits per heavy atom. The molecule has 122 valence electrons. The smallest absolute Gasteiger partial charge is 0.241 e. The number of hydrogen-bond acceptors (Lipinski definition) is 3. The molecule has 1 N–H and O–H groups in total. The molecule has 0 aromatic heterocycles. The van der Waals surface area contributed by atoms with E-state index in [4.69, 9.17) is 4.74 Å². The number of rotatable bonds is 3. The first-order valence-corrected chi connectivity index (χ1v) is 9.50. The minimum absolute atomic E-state index is 0.0569. The summed E-state index contributed by atoms with van der Waals surface area (Å²) in [7, 11) is -3.46. The lowest BCUT2D eigenvalue weighted by molar-refractivity contribution is -0.0483. The van der Waals surface area contributed by atoms with E-state index in [1.807, 2.05) is 32.9 Å². The van der Waals surface area contributed by atoms with Crippen molar-refractivity contribution < 1.29 is 13.2 Å². The predicted octanol–water partition coefficient (Wildman–Crippen LogP) is 2.85. The number of nitrogens with one attached hydrogen (secondary N) is 1. The highest BCUT2D eigenvalue weighted by molar-refractivity contribution is 7.89. The normalized spacial score (nSPS) is 24.2. The molecule has 1 aromatic carbocycles. The molecule has 0 radical (unpaired) electrons. The highest BCUT2D eigenvalue weighted by Crippen LogP contribution is 2.49. The van der Waals surface area contributed by atoms with Crippen molar-refractivity contribution in [2.24, 2.45) is 5.41 Å². The van der Waals surface area contributed by atoms with Crippen LogP contribution in [0.2, 0.25) is 0 Å². The summed E-state index contributed by atoms with van der Waals surface area (Å²) < 4.78 is 34.2. The van der Waals surface area contributed by atoms with Crippen molar-refractivity contribution in [2.75, 3.05) is 13.2 Å². The molecule has 1 aliphatic carbocycles. The van der Waals surface area contributed by atoms with Gasteiger partial charge in [-0.2, -0.15) is 0 Å². The highest BCUT2D eigenvalue weighted by Gasteiger charge is 2.49. The molecule has 22 heavy (non-hydrogen) atoms. The monoisotopic (exact) mass is 323 g/mol. The van der Waals surface area contributed by atoms with Crippen molar-refractivity contribution in [1.29, 1.82) is 0 Å². The van der Waals surface area contributed by atoms with E-state index in [0.717, 1.165) is 55.6 Å². The molecule has 1 saturated heterocycles. The largest absolute Gasteiger partial charge is 0.381 e. The number of sulfonamides is 1. The Balaban J connectivity index is 1.86. The molecular formula is C17H25NO3S. The van der Waals surface area contributed by atoms with Crippen LogP contribution in [0.25, 0.3) is 0 Å². The zero-order valence-electron chi connectivity index (χ0n) is 13.6. The fraction of sp³-hybridized carbons (Fsp3) is 0.647. The van der Waals surface area contributed by atoms with Crippen molar-refractivity contribution in [1.82, 2.24) is 4.72 Å². The van der Waals surface area contributed by atoms with E-state index in [2.05, 4.69) is 4.72 Å². The summed E-state index contributed by atoms with van der Waals surface area (Å²) in [5.41, 5.74) is 2.87. The van der Waals surface area contributed by atoms with E-state index < -0.39 is 10.0 Å². The Hall–Kier alpha value is -0.910. The van der Waals surface area contributed by atoms with Crippen LogP contribution in [0.3, 0.4) is 0 Å². The fourth-order valence-electron chi connectivity index (χ4n) is 4.09. The van der Waals surface area contributed by atoms with Crippen LogP contribution < -0.4 is 4.72 Å². The summed E-state index contributed by atoms with van der Waals surface area (Å²) in [6, 6.07) is 3.93. The van der Waals surface area contributed by atoms with Gasteiger partial charge in [-0.15, -0.1) is 0 Å². The Morgan fingerprint density at radius 2 is 1.68 bits per heavy atom. The Bertz CT molecular complexity index is 652. The van der Waals surface area contributed by atoms with Crippen LogP contribution in [-0.4, -0.2) is 27.7 Å². The van der Waals surface area contributed by atoms with Crippen molar-refractivity contribution in [3.8, 4) is 0 Å². The van der Waals surface area contributed by atoms with Crippen LogP contribution in [-0.2, 0) is 14.8 Å². The second-order valence-corrected chi connectivity index (χ2v) is 8.57. The number of hydrogen-bond donors (Lipinski definition) is 1. The fourth-order valence-corrected chi connectivity index (χ4v) is 5.92. The lowest BCUT2D eigenvalue weighted by Gasteiger charge is -2.51. The molecule has 1 spiro atoms. The van der Waals surface area contributed by atoms with Gasteiger partial charge in [0.2, 0.25) is 10.0 Å². The molecule has 4 nitrogen and oxygen atoms in total. The average molecular weight is 323 g/mol. The van der Waals surface area contributed by atoms with Crippen LogP contribution in [0.5, 0.6) is 0 Å². The second kappa shape index (κ2) is 5.62. The van der Waals surface area contributed by atoms with Crippen molar-refractivity contribution >= 4 is 10.0 Å². The summed E-state index contributed by atoms with van der Waals surface area (Å²) >= 11 is 0. The van der Waals surface area contributed by atoms with E-state index in [1.165, 1.54) is 0 Å². The van der Waals surface area contributed by atoms with E-state index in [0.29, 0.717) is 4.90 Å². The van der Waals surface area contributed by atoms with Gasteiger partial charge in [0, 0.05) is 19.3 Å². The zero-order chi connectivity index (χ0) is 16.0. The van der Waals surface area contributed by atoms with E-state index in [9.17, 15) is 8.42 Å². The number of benzene rings is 1. The van der Waals surface area contributed by atoms with Crippen molar-refractivity contribution in [2.45, 2.75) is 57.4 Å². The van der Waals surface area contributed by atoms with E-state index in [1.54, 1.807) is 0 Å². The zero-order valence-corrected chi connectivity index (χ0v) is 14.4. The van der Waals surface area contributed by atoms with Crippen LogP contribution in [0.15, 0.2) is 17.0 Å². The first kappa shape index (κ1) is 16.0. The quantitative estimate of drug-likeness (QED) is 0.930. The van der Waals surface area contributed by atoms with Gasteiger partial charge in [0.05, 0.1) is 4.90 Å². The summed E-state index contributed by atoms with van der Waals surface area (Å²) in [6.45, 7) is 7.24. The molecule has 1 aromatic rings. The molecular weight excluding hydrogens is 298 g/mol. The maximum absolute atomic E-state index is 12.9. The lowest BCUT2D eigenvalue weighted by Crippen LogP contribution is -2.57. The topological polar surface area (TPSA) is 55.4 Å². The van der Waals surface area contributed by atoms with Gasteiger partial charge in [0.1, 0.15) is 0 Å². The predicted molar refractivity (Wildman–Crippen MR) is 86.5 cm³/mol. The number of ether oxygens (including phenoxy) is 1. The molecule has 3 rings (SSSR count). The molecule has 0 amide bonds. The third-order valence-corrected chi connectivity index (χ3v) is 7.11. The van der Waals surface area contributed by atoms with Gasteiger partial charge in [-0.05, 0) is 63.0 Å². The SMILES string of the molecule is Cc1cc(C)c(S(=O)(=O)NC2CCC23CCOCC3)c(C)c1. The lowest BCUT2D eigenvalue weighted by atomic mass is 9.60. The summed E-state index contributed by atoms with van der Waals surface area (Å²) in [5, 5.41) is 0. The Kier molecular flexibility index (Phi) is 4.08. The van der Waals surface area contributed by atoms with Crippen molar-refractivity contribution in [3.63, 3.8) is 0 Å². The highest BCUT2D eigenvalue weighted by atomic mass is 32.2. The third kappa shape index (κ3) is 2.70. The van der Waals surface area contributed by atoms with Gasteiger partial charge in [-0.25, -0.2) is 13.1 Å². The third-order valence-electron chi connectivity index (χ3n) is 5.33. The molecule has 5 heteroatoms. The maximum Gasteiger partial charge on any atom is 0.241 e. The molecule has 1 heterocycles. The van der Waals surface area contributed by atoms with Gasteiger partial charge in [0.25, 0.3) is 0 Å². The summed E-state index contributed by atoms with van der Waals surface area (Å²) in [5.74, 6) is 0. The first-order chi connectivity index (χ1) is 10.3. The Morgan fingerprint density at radius 3 is 2.18 bits per heavy atom. The second-order valence-electron chi connectivity index (χ2n) is 6.92. The molecule has 2 fully saturated rings. The standard InChI is InChI=1S/C17H25NO3S/c1-12-10-13(2)16(14(3)11-12)22(19,20)18-15-4-5-17(15)6-8-21-9-7-17/h10-11,15,18H,4-9H2,1-3H3. The maximum atomic E-state index is 12.9. The van der Waals surface area contributed by atoms with E-state index >= 15 is 0 Å². The first-order valence-electron chi connectivity index (χ1n) is 8.02. The Labute approximate surface area is 133 Å². The summed E-state index contributed by atoms with van der Waals surface area (Å²) in [4.78, 5) is 0.451. The minimum Gasteiger partial charge on any atom is -0.381 e. The van der Waals surface area contributed by atoms with Gasteiger partial charge >= 0.3 is 0 Å². The van der Waals surface area contributed by atoms with Crippen LogP contribution in [0.1, 0.15) is 42.4 Å². The van der Waals surface area contributed by atoms with Crippen LogP contribution in [0, 0.1) is 26.2 Å². The molecule has 1 unspecified atom stereocenters. The number of aryl methyl sites for hydroxylation is 3. The van der Waals surface area contributed by atoms with E-state index in [-0.39, 0.29) is 11.5 Å².